The standard InChI is InChI=1S/C33H42N2O.2ClH/c1-26-7-5-9-29(21-26)23-34-18-14-28(15-19-34)16-20-36-33-13-12-30-11-6-17-35(25-32(30)22-33)24-31-10-4-3-8-27(31)2;;/h3-5,7-10,12-13,21-22,28H,6,11,14-20,23-25H2,1-2H3;2*1H. The molecule has 0 amide bonds. The number of likely N-dealkylation sites (tertiary alicyclic amines) is 1. The number of ether oxygens (including phenoxy) is 1. The van der Waals surface area contributed by atoms with E-state index in [0.29, 0.717) is 0 Å². The lowest BCUT2D eigenvalue weighted by Crippen LogP contribution is -2.33. The molecule has 0 spiro atoms. The van der Waals surface area contributed by atoms with Gasteiger partial charge in [0, 0.05) is 19.6 Å². The number of halogens is 2. The highest BCUT2D eigenvalue weighted by atomic mass is 35.5. The monoisotopic (exact) mass is 554 g/mol. The van der Waals surface area contributed by atoms with Crippen molar-refractivity contribution in [3.63, 3.8) is 0 Å². The maximum absolute atomic E-state index is 6.29. The molecule has 2 aliphatic rings. The zero-order valence-electron chi connectivity index (χ0n) is 23.0. The predicted molar refractivity (Wildman–Crippen MR) is 164 cm³/mol. The summed E-state index contributed by atoms with van der Waals surface area (Å²) in [6, 6.07) is 24.6. The van der Waals surface area contributed by atoms with E-state index >= 15 is 0 Å². The number of hydrogen-bond donors (Lipinski definition) is 0. The molecule has 5 heteroatoms. The van der Waals surface area contributed by atoms with E-state index in [1.165, 1.54) is 72.2 Å². The van der Waals surface area contributed by atoms with E-state index in [-0.39, 0.29) is 24.8 Å². The summed E-state index contributed by atoms with van der Waals surface area (Å²) in [5.74, 6) is 1.83. The molecule has 0 unspecified atom stereocenters. The minimum Gasteiger partial charge on any atom is -0.494 e. The van der Waals surface area contributed by atoms with Crippen molar-refractivity contribution in [1.29, 1.82) is 0 Å². The smallest absolute Gasteiger partial charge is 0.119 e. The molecule has 2 heterocycles. The van der Waals surface area contributed by atoms with Crippen LogP contribution in [-0.4, -0.2) is 36.0 Å². The molecule has 0 N–H and O–H groups in total. The number of aryl methyl sites for hydroxylation is 3. The van der Waals surface area contributed by atoms with E-state index in [1.54, 1.807) is 0 Å². The summed E-state index contributed by atoms with van der Waals surface area (Å²) in [5.41, 5.74) is 8.57. The number of piperidine rings is 1. The fourth-order valence-electron chi connectivity index (χ4n) is 5.90. The Morgan fingerprint density at radius 1 is 0.789 bits per heavy atom. The van der Waals surface area contributed by atoms with Crippen molar-refractivity contribution in [3.05, 3.63) is 100 Å². The van der Waals surface area contributed by atoms with Gasteiger partial charge in [-0.2, -0.15) is 0 Å². The molecule has 0 aromatic heterocycles. The minimum atomic E-state index is 0. The van der Waals surface area contributed by atoms with Gasteiger partial charge in [-0.05, 0) is 111 Å². The normalized spacial score (nSPS) is 16.6. The summed E-state index contributed by atoms with van der Waals surface area (Å²) in [5, 5.41) is 0. The van der Waals surface area contributed by atoms with Crippen LogP contribution < -0.4 is 4.74 Å². The van der Waals surface area contributed by atoms with Crippen molar-refractivity contribution < 1.29 is 4.74 Å². The van der Waals surface area contributed by atoms with Gasteiger partial charge in [0.1, 0.15) is 5.75 Å². The van der Waals surface area contributed by atoms with Crippen LogP contribution in [0.15, 0.2) is 66.7 Å². The zero-order chi connectivity index (χ0) is 24.7. The lowest BCUT2D eigenvalue weighted by Gasteiger charge is -2.32. The second-order valence-corrected chi connectivity index (χ2v) is 11.0. The molecule has 1 fully saturated rings. The predicted octanol–water partition coefficient (Wildman–Crippen LogP) is 7.78. The number of hydrogen-bond acceptors (Lipinski definition) is 3. The van der Waals surface area contributed by atoms with Gasteiger partial charge in [0.2, 0.25) is 0 Å². The molecule has 206 valence electrons. The Labute approximate surface area is 242 Å². The summed E-state index contributed by atoms with van der Waals surface area (Å²) in [7, 11) is 0. The zero-order valence-corrected chi connectivity index (χ0v) is 24.7. The first kappa shape index (κ1) is 30.5. The molecule has 3 aromatic rings. The molecular formula is C33H44Cl2N2O. The molecule has 0 radical (unpaired) electrons. The average molecular weight is 556 g/mol. The first-order chi connectivity index (χ1) is 17.6. The first-order valence-corrected chi connectivity index (χ1v) is 13.9. The van der Waals surface area contributed by atoms with Crippen molar-refractivity contribution in [2.45, 2.75) is 65.6 Å². The van der Waals surface area contributed by atoms with E-state index in [0.717, 1.165) is 50.9 Å². The number of fused-ring (bicyclic) bond motifs is 1. The van der Waals surface area contributed by atoms with Crippen LogP contribution in [0.1, 0.15) is 59.1 Å². The maximum Gasteiger partial charge on any atom is 0.119 e. The molecule has 0 saturated carbocycles. The Morgan fingerprint density at radius 3 is 2.39 bits per heavy atom. The van der Waals surface area contributed by atoms with Crippen LogP contribution in [0.4, 0.5) is 0 Å². The van der Waals surface area contributed by atoms with Crippen LogP contribution >= 0.6 is 24.8 Å². The lowest BCUT2D eigenvalue weighted by molar-refractivity contribution is 0.157. The quantitative estimate of drug-likeness (QED) is 0.282. The maximum atomic E-state index is 6.29. The van der Waals surface area contributed by atoms with Gasteiger partial charge in [-0.3, -0.25) is 9.80 Å². The summed E-state index contributed by atoms with van der Waals surface area (Å²) in [6.07, 6.45) is 6.12. The third kappa shape index (κ3) is 8.48. The van der Waals surface area contributed by atoms with Crippen molar-refractivity contribution in [2.75, 3.05) is 26.2 Å². The first-order valence-electron chi connectivity index (χ1n) is 13.9. The largest absolute Gasteiger partial charge is 0.494 e. The van der Waals surface area contributed by atoms with E-state index < -0.39 is 0 Å². The van der Waals surface area contributed by atoms with Gasteiger partial charge in [0.05, 0.1) is 6.61 Å². The topological polar surface area (TPSA) is 15.7 Å². The molecule has 0 bridgehead atoms. The Morgan fingerprint density at radius 2 is 1.61 bits per heavy atom. The summed E-state index contributed by atoms with van der Waals surface area (Å²) < 4.78 is 6.29. The van der Waals surface area contributed by atoms with Crippen LogP contribution in [-0.2, 0) is 26.1 Å². The molecular weight excluding hydrogens is 511 g/mol. The van der Waals surface area contributed by atoms with Crippen LogP contribution in [0.5, 0.6) is 5.75 Å². The van der Waals surface area contributed by atoms with Gasteiger partial charge in [0.15, 0.2) is 0 Å². The highest BCUT2D eigenvalue weighted by Crippen LogP contribution is 2.27. The molecule has 3 nitrogen and oxygen atoms in total. The molecule has 0 aliphatic carbocycles. The molecule has 38 heavy (non-hydrogen) atoms. The van der Waals surface area contributed by atoms with E-state index in [4.69, 9.17) is 4.74 Å². The Bertz CT molecular complexity index is 1140. The Hall–Kier alpha value is -2.04. The van der Waals surface area contributed by atoms with E-state index in [2.05, 4.69) is 90.4 Å². The van der Waals surface area contributed by atoms with Crippen LogP contribution in [0.2, 0.25) is 0 Å². The van der Waals surface area contributed by atoms with E-state index in [1.807, 2.05) is 0 Å². The van der Waals surface area contributed by atoms with Crippen molar-refractivity contribution >= 4 is 24.8 Å². The van der Waals surface area contributed by atoms with Crippen LogP contribution in [0, 0.1) is 19.8 Å². The average Bonchev–Trinajstić information content (AvgIpc) is 3.08. The molecule has 5 rings (SSSR count). The van der Waals surface area contributed by atoms with Gasteiger partial charge in [-0.15, -0.1) is 24.8 Å². The van der Waals surface area contributed by atoms with Gasteiger partial charge >= 0.3 is 0 Å². The van der Waals surface area contributed by atoms with Gasteiger partial charge in [-0.1, -0.05) is 60.2 Å². The third-order valence-electron chi connectivity index (χ3n) is 8.14. The van der Waals surface area contributed by atoms with Crippen LogP contribution in [0.25, 0.3) is 0 Å². The minimum absolute atomic E-state index is 0. The number of benzene rings is 3. The summed E-state index contributed by atoms with van der Waals surface area (Å²) in [6.45, 7) is 11.9. The highest BCUT2D eigenvalue weighted by molar-refractivity contribution is 5.85. The second-order valence-electron chi connectivity index (χ2n) is 11.0. The van der Waals surface area contributed by atoms with Gasteiger partial charge < -0.3 is 4.74 Å². The lowest BCUT2D eigenvalue weighted by atomic mass is 9.93. The van der Waals surface area contributed by atoms with Gasteiger partial charge in [0.25, 0.3) is 0 Å². The summed E-state index contributed by atoms with van der Waals surface area (Å²) >= 11 is 0. The Kier molecular flexibility index (Phi) is 12.0. The summed E-state index contributed by atoms with van der Waals surface area (Å²) in [4.78, 5) is 5.21. The fraction of sp³-hybridized carbons (Fsp3) is 0.455. The molecule has 0 atom stereocenters. The fourth-order valence-corrected chi connectivity index (χ4v) is 5.90. The second kappa shape index (κ2) is 14.9. The van der Waals surface area contributed by atoms with Crippen molar-refractivity contribution in [2.24, 2.45) is 5.92 Å². The van der Waals surface area contributed by atoms with Crippen molar-refractivity contribution in [1.82, 2.24) is 9.80 Å². The van der Waals surface area contributed by atoms with Crippen LogP contribution in [0.3, 0.4) is 0 Å². The third-order valence-corrected chi connectivity index (χ3v) is 8.14. The Balaban J connectivity index is 0.00000200. The SMILES string of the molecule is Cc1cccc(CN2CCC(CCOc3ccc4c(c3)CN(Cc3ccccc3C)CCC4)CC2)c1.Cl.Cl. The molecule has 2 aliphatic heterocycles. The number of rotatable bonds is 8. The molecule has 1 saturated heterocycles. The van der Waals surface area contributed by atoms with E-state index in [9.17, 15) is 0 Å². The molecule has 3 aromatic carbocycles. The number of nitrogens with zero attached hydrogens (tertiary/aromatic N) is 2. The highest BCUT2D eigenvalue weighted by Gasteiger charge is 2.20. The van der Waals surface area contributed by atoms with Crippen molar-refractivity contribution in [3.8, 4) is 5.75 Å². The van der Waals surface area contributed by atoms with Gasteiger partial charge in [-0.25, -0.2) is 0 Å².